The van der Waals surface area contributed by atoms with E-state index in [1.165, 1.54) is 0 Å². The van der Waals surface area contributed by atoms with E-state index in [1.807, 2.05) is 54.6 Å². The number of hydrogen-bond acceptors (Lipinski definition) is 7. The summed E-state index contributed by atoms with van der Waals surface area (Å²) in [6.07, 6.45) is 9.35. The Morgan fingerprint density at radius 3 is 2.58 bits per heavy atom. The molecule has 2 amide bonds. The standard InChI is InChI=1S/C34H40N4O5/c1-2-42-33(41)34-19-18-22(34)12-6-4-3-5-7-16-27(35)32(40)38-21-23(20-29(38)30(39)37-34)43-31-26-15-9-8-13-24(26)25-14-10-11-17-28(25)36-31/h6,8-15,17,22-23,27,29H,2-5,7,16,18-21,35H2,1H3,(H,37,39). The van der Waals surface area contributed by atoms with Gasteiger partial charge >= 0.3 is 5.97 Å². The summed E-state index contributed by atoms with van der Waals surface area (Å²) in [7, 11) is 0. The van der Waals surface area contributed by atoms with Gasteiger partial charge in [0.05, 0.1) is 24.7 Å². The lowest BCUT2D eigenvalue weighted by molar-refractivity contribution is -0.161. The average Bonchev–Trinajstić information content (AvgIpc) is 3.43. The quantitative estimate of drug-likeness (QED) is 0.264. The van der Waals surface area contributed by atoms with E-state index in [2.05, 4.69) is 11.4 Å². The van der Waals surface area contributed by atoms with Crippen LogP contribution >= 0.6 is 0 Å². The third kappa shape index (κ3) is 5.58. The molecule has 2 aromatic carbocycles. The number of allylic oxidation sites excluding steroid dienone is 1. The summed E-state index contributed by atoms with van der Waals surface area (Å²) in [5.74, 6) is -0.782. The summed E-state index contributed by atoms with van der Waals surface area (Å²) in [6.45, 7) is 2.18. The number of carbonyl (C=O) groups excluding carboxylic acids is 3. The normalized spacial score (nSPS) is 28.3. The summed E-state index contributed by atoms with van der Waals surface area (Å²) < 4.78 is 12.0. The molecule has 3 heterocycles. The fraction of sp³-hybridized carbons (Fsp3) is 0.471. The maximum Gasteiger partial charge on any atom is 0.332 e. The van der Waals surface area contributed by atoms with Gasteiger partial charge in [-0.15, -0.1) is 0 Å². The van der Waals surface area contributed by atoms with Gasteiger partial charge in [0.2, 0.25) is 17.7 Å². The second-order valence-corrected chi connectivity index (χ2v) is 12.0. The van der Waals surface area contributed by atoms with Gasteiger partial charge in [-0.25, -0.2) is 9.78 Å². The van der Waals surface area contributed by atoms with Crippen LogP contribution < -0.4 is 15.8 Å². The lowest BCUT2D eigenvalue weighted by Crippen LogP contribution is -2.67. The molecule has 5 unspecified atom stereocenters. The monoisotopic (exact) mass is 584 g/mol. The van der Waals surface area contributed by atoms with Crippen molar-refractivity contribution < 1.29 is 23.9 Å². The SMILES string of the molecule is CCOC(=O)C12CCC1C=CCCCCCC(N)C(=O)N1CC(Oc3nc4ccccc4c4ccccc34)CC1C(=O)N2. The van der Waals surface area contributed by atoms with Crippen LogP contribution in [-0.4, -0.2) is 64.5 Å². The lowest BCUT2D eigenvalue weighted by Gasteiger charge is -2.47. The van der Waals surface area contributed by atoms with Crippen molar-refractivity contribution in [2.75, 3.05) is 13.2 Å². The van der Waals surface area contributed by atoms with Gasteiger partial charge in [-0.05, 0) is 56.5 Å². The Hall–Kier alpha value is -3.98. The van der Waals surface area contributed by atoms with E-state index in [0.29, 0.717) is 18.7 Å². The van der Waals surface area contributed by atoms with Crippen LogP contribution in [0.15, 0.2) is 60.7 Å². The molecule has 6 rings (SSSR count). The Morgan fingerprint density at radius 1 is 1.05 bits per heavy atom. The molecule has 0 radical (unpaired) electrons. The molecule has 9 heteroatoms. The first-order valence-corrected chi connectivity index (χ1v) is 15.6. The van der Waals surface area contributed by atoms with E-state index < -0.39 is 29.7 Å². The highest BCUT2D eigenvalue weighted by Gasteiger charge is 2.55. The first kappa shape index (κ1) is 29.1. The van der Waals surface area contributed by atoms with E-state index in [-0.39, 0.29) is 37.3 Å². The van der Waals surface area contributed by atoms with Crippen LogP contribution in [0.3, 0.4) is 0 Å². The van der Waals surface area contributed by atoms with Crippen molar-refractivity contribution in [2.24, 2.45) is 11.7 Å². The summed E-state index contributed by atoms with van der Waals surface area (Å²) in [4.78, 5) is 47.4. The number of nitrogens with one attached hydrogen (secondary N) is 1. The number of esters is 1. The molecule has 1 saturated heterocycles. The zero-order valence-corrected chi connectivity index (χ0v) is 24.7. The first-order valence-electron chi connectivity index (χ1n) is 15.6. The highest BCUT2D eigenvalue weighted by molar-refractivity contribution is 6.07. The van der Waals surface area contributed by atoms with Crippen LogP contribution in [0.25, 0.3) is 21.7 Å². The molecule has 43 heavy (non-hydrogen) atoms. The molecule has 5 atom stereocenters. The van der Waals surface area contributed by atoms with E-state index in [0.717, 1.165) is 53.8 Å². The second kappa shape index (κ2) is 12.3. The molecule has 3 aromatic rings. The van der Waals surface area contributed by atoms with Gasteiger partial charge in [-0.1, -0.05) is 61.4 Å². The number of hydrogen-bond donors (Lipinski definition) is 2. The smallest absolute Gasteiger partial charge is 0.332 e. The van der Waals surface area contributed by atoms with Crippen molar-refractivity contribution in [3.8, 4) is 5.88 Å². The Balaban J connectivity index is 1.32. The molecular formula is C34H40N4O5. The first-order chi connectivity index (χ1) is 20.9. The van der Waals surface area contributed by atoms with Crippen molar-refractivity contribution in [1.82, 2.24) is 15.2 Å². The Bertz CT molecular complexity index is 1560. The van der Waals surface area contributed by atoms with Gasteiger partial charge in [0, 0.05) is 23.1 Å². The van der Waals surface area contributed by atoms with E-state index in [1.54, 1.807) is 11.8 Å². The summed E-state index contributed by atoms with van der Waals surface area (Å²) in [5, 5.41) is 5.97. The third-order valence-corrected chi connectivity index (χ3v) is 9.24. The molecule has 3 aliphatic rings. The number of pyridine rings is 1. The second-order valence-electron chi connectivity index (χ2n) is 12.0. The molecule has 1 saturated carbocycles. The molecule has 0 bridgehead atoms. The minimum absolute atomic E-state index is 0.159. The van der Waals surface area contributed by atoms with Gasteiger partial charge in [0.15, 0.2) is 0 Å². The fourth-order valence-corrected chi connectivity index (χ4v) is 6.78. The Morgan fingerprint density at radius 2 is 1.81 bits per heavy atom. The number of nitrogens with zero attached hydrogens (tertiary/aromatic N) is 2. The maximum absolute atomic E-state index is 14.0. The van der Waals surface area contributed by atoms with Crippen molar-refractivity contribution in [3.63, 3.8) is 0 Å². The van der Waals surface area contributed by atoms with Crippen LogP contribution in [0.2, 0.25) is 0 Å². The largest absolute Gasteiger partial charge is 0.472 e. The predicted molar refractivity (Wildman–Crippen MR) is 164 cm³/mol. The number of nitrogens with two attached hydrogens (primary N) is 1. The number of para-hydroxylation sites is 1. The van der Waals surface area contributed by atoms with Crippen LogP contribution in [-0.2, 0) is 19.1 Å². The topological polar surface area (TPSA) is 124 Å². The highest BCUT2D eigenvalue weighted by Crippen LogP contribution is 2.42. The average molecular weight is 585 g/mol. The number of carbonyl (C=O) groups is 3. The summed E-state index contributed by atoms with van der Waals surface area (Å²) >= 11 is 0. The van der Waals surface area contributed by atoms with Gasteiger partial charge in [-0.2, -0.15) is 0 Å². The molecular weight excluding hydrogens is 544 g/mol. The zero-order chi connectivity index (χ0) is 30.0. The lowest BCUT2D eigenvalue weighted by atomic mass is 9.66. The minimum Gasteiger partial charge on any atom is -0.472 e. The molecule has 226 valence electrons. The zero-order valence-electron chi connectivity index (χ0n) is 24.7. The number of aromatic nitrogens is 1. The number of benzene rings is 2. The molecule has 1 aliphatic carbocycles. The molecule has 1 aromatic heterocycles. The van der Waals surface area contributed by atoms with Crippen molar-refractivity contribution >= 4 is 39.5 Å². The summed E-state index contributed by atoms with van der Waals surface area (Å²) in [6, 6.07) is 14.3. The third-order valence-electron chi connectivity index (χ3n) is 9.24. The predicted octanol–water partition coefficient (Wildman–Crippen LogP) is 4.41. The molecule has 2 fully saturated rings. The number of rotatable bonds is 4. The highest BCUT2D eigenvalue weighted by atomic mass is 16.5. The van der Waals surface area contributed by atoms with Crippen molar-refractivity contribution in [2.45, 2.75) is 82.0 Å². The van der Waals surface area contributed by atoms with E-state index in [4.69, 9.17) is 20.2 Å². The van der Waals surface area contributed by atoms with E-state index >= 15 is 0 Å². The van der Waals surface area contributed by atoms with E-state index in [9.17, 15) is 14.4 Å². The number of ether oxygens (including phenoxy) is 2. The Labute approximate surface area is 251 Å². The number of fused-ring (bicyclic) bond motifs is 5. The molecule has 2 aliphatic heterocycles. The van der Waals surface area contributed by atoms with Gasteiger partial charge in [0.25, 0.3) is 0 Å². The fourth-order valence-electron chi connectivity index (χ4n) is 6.78. The summed E-state index contributed by atoms with van der Waals surface area (Å²) in [5.41, 5.74) is 6.07. The van der Waals surface area contributed by atoms with Gasteiger partial charge in [-0.3, -0.25) is 9.59 Å². The van der Waals surface area contributed by atoms with Crippen LogP contribution in [0.5, 0.6) is 5.88 Å². The molecule has 9 nitrogen and oxygen atoms in total. The Kier molecular flexibility index (Phi) is 8.34. The van der Waals surface area contributed by atoms with Crippen LogP contribution in [0.1, 0.15) is 58.3 Å². The van der Waals surface area contributed by atoms with Gasteiger partial charge in [0.1, 0.15) is 17.7 Å². The number of amides is 2. The molecule has 3 N–H and O–H groups in total. The van der Waals surface area contributed by atoms with Gasteiger partial charge < -0.3 is 25.4 Å². The minimum atomic E-state index is -1.14. The molecule has 0 spiro atoms. The van der Waals surface area contributed by atoms with Crippen molar-refractivity contribution in [1.29, 1.82) is 0 Å². The van der Waals surface area contributed by atoms with Crippen LogP contribution in [0.4, 0.5) is 0 Å². The maximum atomic E-state index is 14.0. The van der Waals surface area contributed by atoms with Crippen molar-refractivity contribution in [3.05, 3.63) is 60.7 Å². The van der Waals surface area contributed by atoms with Crippen LogP contribution in [0, 0.1) is 5.92 Å².